The molecule has 0 spiro atoms. The number of fused-ring (bicyclic) bond motifs is 1. The van der Waals surface area contributed by atoms with Crippen LogP contribution in [0.25, 0.3) is 6.08 Å². The summed E-state index contributed by atoms with van der Waals surface area (Å²) < 4.78 is 11.5. The van der Waals surface area contributed by atoms with E-state index in [2.05, 4.69) is 0 Å². The van der Waals surface area contributed by atoms with Gasteiger partial charge >= 0.3 is 0 Å². The molecular weight excluding hydrogens is 383 g/mol. The standard InChI is InChI=1S/C22H14Cl2O3/c23-16-5-1-3-14(9-16)11-21-22(25)19-8-7-18(12-20(19)27-21)26-13-15-4-2-6-17(24)10-15/h1-12H,13H2/b21-11+. The predicted octanol–water partition coefficient (Wildman–Crippen LogP) is 6.19. The molecule has 4 rings (SSSR count). The molecule has 5 heteroatoms. The van der Waals surface area contributed by atoms with E-state index in [1.165, 1.54) is 0 Å². The molecule has 0 saturated carbocycles. The molecule has 1 aliphatic heterocycles. The maximum absolute atomic E-state index is 12.5. The third-order valence-electron chi connectivity index (χ3n) is 4.08. The summed E-state index contributed by atoms with van der Waals surface area (Å²) in [5.41, 5.74) is 2.27. The van der Waals surface area contributed by atoms with Gasteiger partial charge in [-0.1, -0.05) is 47.5 Å². The SMILES string of the molecule is O=C1/C(=C\c2cccc(Cl)c2)Oc2cc(OCc3cccc(Cl)c3)ccc21. The molecule has 1 heterocycles. The van der Waals surface area contributed by atoms with Gasteiger partial charge in [0.2, 0.25) is 5.78 Å². The van der Waals surface area contributed by atoms with E-state index in [4.69, 9.17) is 32.7 Å². The molecule has 0 aromatic heterocycles. The Hall–Kier alpha value is -2.75. The van der Waals surface area contributed by atoms with Gasteiger partial charge in [0.05, 0.1) is 5.56 Å². The van der Waals surface area contributed by atoms with Gasteiger partial charge in [-0.2, -0.15) is 0 Å². The van der Waals surface area contributed by atoms with Crippen molar-refractivity contribution in [1.29, 1.82) is 0 Å². The van der Waals surface area contributed by atoms with Gasteiger partial charge < -0.3 is 9.47 Å². The van der Waals surface area contributed by atoms with Crippen molar-refractivity contribution in [3.8, 4) is 11.5 Å². The molecule has 3 aromatic carbocycles. The van der Waals surface area contributed by atoms with E-state index in [0.717, 1.165) is 11.1 Å². The molecule has 1 aliphatic rings. The number of Topliss-reactive ketones (excluding diaryl/α,β-unsaturated/α-hetero) is 1. The molecule has 0 radical (unpaired) electrons. The van der Waals surface area contributed by atoms with Crippen molar-refractivity contribution in [2.45, 2.75) is 6.61 Å². The van der Waals surface area contributed by atoms with Crippen molar-refractivity contribution in [2.24, 2.45) is 0 Å². The lowest BCUT2D eigenvalue weighted by Crippen LogP contribution is -1.98. The van der Waals surface area contributed by atoms with Crippen LogP contribution in [0.5, 0.6) is 11.5 Å². The summed E-state index contributed by atoms with van der Waals surface area (Å²) >= 11 is 12.0. The normalized spacial score (nSPS) is 14.1. The quantitative estimate of drug-likeness (QED) is 0.493. The molecule has 3 aromatic rings. The minimum Gasteiger partial charge on any atom is -0.489 e. The van der Waals surface area contributed by atoms with E-state index in [0.29, 0.717) is 33.7 Å². The Morgan fingerprint density at radius 2 is 1.70 bits per heavy atom. The molecule has 0 aliphatic carbocycles. The Kier molecular flexibility index (Phi) is 4.88. The highest BCUT2D eigenvalue weighted by molar-refractivity contribution is 6.31. The first-order valence-corrected chi connectivity index (χ1v) is 9.05. The molecular formula is C22H14Cl2O3. The summed E-state index contributed by atoms with van der Waals surface area (Å²) in [5.74, 6) is 1.20. The number of hydrogen-bond donors (Lipinski definition) is 0. The van der Waals surface area contributed by atoms with Crippen LogP contribution in [-0.4, -0.2) is 5.78 Å². The van der Waals surface area contributed by atoms with E-state index in [1.807, 2.05) is 36.4 Å². The number of benzene rings is 3. The van der Waals surface area contributed by atoms with Gasteiger partial charge in [0.25, 0.3) is 0 Å². The van der Waals surface area contributed by atoms with Gasteiger partial charge in [-0.3, -0.25) is 4.79 Å². The number of ketones is 1. The highest BCUT2D eigenvalue weighted by Crippen LogP contribution is 2.35. The zero-order valence-corrected chi connectivity index (χ0v) is 15.6. The molecule has 0 bridgehead atoms. The third-order valence-corrected chi connectivity index (χ3v) is 4.55. The van der Waals surface area contributed by atoms with E-state index in [-0.39, 0.29) is 11.5 Å². The van der Waals surface area contributed by atoms with E-state index in [1.54, 1.807) is 36.4 Å². The number of hydrogen-bond acceptors (Lipinski definition) is 3. The summed E-state index contributed by atoms with van der Waals surface area (Å²) in [5, 5.41) is 1.26. The van der Waals surface area contributed by atoms with Crippen LogP contribution in [0.4, 0.5) is 0 Å². The Morgan fingerprint density at radius 3 is 2.48 bits per heavy atom. The molecule has 0 saturated heterocycles. The van der Waals surface area contributed by atoms with Gasteiger partial charge in [-0.05, 0) is 53.6 Å². The van der Waals surface area contributed by atoms with Crippen molar-refractivity contribution in [2.75, 3.05) is 0 Å². The van der Waals surface area contributed by atoms with Crippen LogP contribution in [0.15, 0.2) is 72.5 Å². The van der Waals surface area contributed by atoms with Gasteiger partial charge in [-0.15, -0.1) is 0 Å². The van der Waals surface area contributed by atoms with Gasteiger partial charge in [0, 0.05) is 16.1 Å². The van der Waals surface area contributed by atoms with Crippen LogP contribution in [-0.2, 0) is 6.61 Å². The van der Waals surface area contributed by atoms with Gasteiger partial charge in [0.1, 0.15) is 18.1 Å². The monoisotopic (exact) mass is 396 g/mol. The maximum atomic E-state index is 12.5. The van der Waals surface area contributed by atoms with Crippen molar-refractivity contribution in [3.63, 3.8) is 0 Å². The fraction of sp³-hybridized carbons (Fsp3) is 0.0455. The van der Waals surface area contributed by atoms with E-state index in [9.17, 15) is 4.79 Å². The molecule has 0 fully saturated rings. The minimum atomic E-state index is -0.161. The van der Waals surface area contributed by atoms with Crippen LogP contribution in [0.2, 0.25) is 10.0 Å². The number of allylic oxidation sites excluding steroid dienone is 1. The molecule has 0 amide bonds. The minimum absolute atomic E-state index is 0.161. The zero-order chi connectivity index (χ0) is 18.8. The van der Waals surface area contributed by atoms with Crippen LogP contribution < -0.4 is 9.47 Å². The highest BCUT2D eigenvalue weighted by atomic mass is 35.5. The van der Waals surface area contributed by atoms with Crippen molar-refractivity contribution in [1.82, 2.24) is 0 Å². The number of carbonyl (C=O) groups excluding carboxylic acids is 1. The summed E-state index contributed by atoms with van der Waals surface area (Å²) in [6, 6.07) is 19.9. The first kappa shape index (κ1) is 17.7. The lowest BCUT2D eigenvalue weighted by Gasteiger charge is -2.07. The number of halogens is 2. The summed E-state index contributed by atoms with van der Waals surface area (Å²) in [6.07, 6.45) is 1.68. The zero-order valence-electron chi connectivity index (χ0n) is 14.1. The Labute approximate surface area is 166 Å². The Morgan fingerprint density at radius 1 is 0.926 bits per heavy atom. The molecule has 134 valence electrons. The fourth-order valence-corrected chi connectivity index (χ4v) is 3.21. The third kappa shape index (κ3) is 4.00. The van der Waals surface area contributed by atoms with Crippen molar-refractivity contribution < 1.29 is 14.3 Å². The average molecular weight is 397 g/mol. The first-order valence-electron chi connectivity index (χ1n) is 8.29. The van der Waals surface area contributed by atoms with E-state index >= 15 is 0 Å². The fourth-order valence-electron chi connectivity index (χ4n) is 2.80. The molecule has 0 unspecified atom stereocenters. The van der Waals surface area contributed by atoms with Crippen LogP contribution in [0, 0.1) is 0 Å². The lowest BCUT2D eigenvalue weighted by atomic mass is 10.1. The lowest BCUT2D eigenvalue weighted by molar-refractivity contribution is 0.101. The summed E-state index contributed by atoms with van der Waals surface area (Å²) in [7, 11) is 0. The summed E-state index contributed by atoms with van der Waals surface area (Å²) in [4.78, 5) is 12.5. The van der Waals surface area contributed by atoms with Crippen LogP contribution in [0.1, 0.15) is 21.5 Å². The van der Waals surface area contributed by atoms with Gasteiger partial charge in [-0.25, -0.2) is 0 Å². The van der Waals surface area contributed by atoms with Crippen LogP contribution >= 0.6 is 23.2 Å². The average Bonchev–Trinajstić information content (AvgIpc) is 2.95. The maximum Gasteiger partial charge on any atom is 0.231 e. The Balaban J connectivity index is 1.52. The largest absolute Gasteiger partial charge is 0.489 e. The number of ether oxygens (including phenoxy) is 2. The second-order valence-electron chi connectivity index (χ2n) is 6.07. The molecule has 27 heavy (non-hydrogen) atoms. The highest BCUT2D eigenvalue weighted by Gasteiger charge is 2.27. The molecule has 0 N–H and O–H groups in total. The summed E-state index contributed by atoms with van der Waals surface area (Å²) in [6.45, 7) is 0.374. The van der Waals surface area contributed by atoms with Crippen LogP contribution in [0.3, 0.4) is 0 Å². The smallest absolute Gasteiger partial charge is 0.231 e. The molecule has 0 atom stereocenters. The number of carbonyl (C=O) groups is 1. The Bertz CT molecular complexity index is 1060. The second-order valence-corrected chi connectivity index (χ2v) is 6.94. The van der Waals surface area contributed by atoms with Crippen molar-refractivity contribution in [3.05, 3.63) is 99.2 Å². The predicted molar refractivity (Wildman–Crippen MR) is 107 cm³/mol. The second kappa shape index (κ2) is 7.47. The first-order chi connectivity index (χ1) is 13.1. The van der Waals surface area contributed by atoms with Crippen molar-refractivity contribution >= 4 is 35.1 Å². The topological polar surface area (TPSA) is 35.5 Å². The number of rotatable bonds is 4. The van der Waals surface area contributed by atoms with E-state index < -0.39 is 0 Å². The van der Waals surface area contributed by atoms with Gasteiger partial charge in [0.15, 0.2) is 5.76 Å². The molecule has 3 nitrogen and oxygen atoms in total.